The van der Waals surface area contributed by atoms with Crippen LogP contribution in [0.5, 0.6) is 0 Å². The minimum Gasteiger partial charge on any atom is -0.428 e. The van der Waals surface area contributed by atoms with Gasteiger partial charge in [0.15, 0.2) is 0 Å². The molecule has 0 spiro atoms. The minimum atomic E-state index is -0.415. The molecular weight excluding hydrogens is 222 g/mol. The zero-order valence-electron chi connectivity index (χ0n) is 8.54. The second-order valence-corrected chi connectivity index (χ2v) is 3.21. The van der Waals surface area contributed by atoms with Gasteiger partial charge in [0.1, 0.15) is 0 Å². The Bertz CT molecular complexity index is 179. The van der Waals surface area contributed by atoms with Gasteiger partial charge in [0.2, 0.25) is 6.79 Å². The van der Waals surface area contributed by atoms with Crippen molar-refractivity contribution in [2.45, 2.75) is 25.7 Å². The molecule has 0 aromatic carbocycles. The van der Waals surface area contributed by atoms with Gasteiger partial charge in [0.05, 0.1) is 0 Å². The van der Waals surface area contributed by atoms with Gasteiger partial charge < -0.3 is 15.2 Å². The number of alkyl halides is 1. The van der Waals surface area contributed by atoms with Crippen LogP contribution >= 0.6 is 11.6 Å². The van der Waals surface area contributed by atoms with E-state index in [4.69, 9.17) is 17.3 Å². The molecule has 0 aliphatic carbocycles. The normalized spacial score (nSPS) is 9.73. The molecule has 0 saturated carbocycles. The molecule has 0 bridgehead atoms. The predicted molar refractivity (Wildman–Crippen MR) is 55.3 cm³/mol. The Kier molecular flexibility index (Phi) is 9.21. The smallest absolute Gasteiger partial charge is 0.308 e. The largest absolute Gasteiger partial charge is 0.428 e. The van der Waals surface area contributed by atoms with Crippen molar-refractivity contribution in [3.05, 3.63) is 0 Å². The molecule has 5 nitrogen and oxygen atoms in total. The SMILES string of the molecule is NCCCC(=O)OCOC(=O)CCCCl. The summed E-state index contributed by atoms with van der Waals surface area (Å²) in [6.07, 6.45) is 1.61. The lowest BCUT2D eigenvalue weighted by Crippen LogP contribution is -2.13. The van der Waals surface area contributed by atoms with Gasteiger partial charge in [0, 0.05) is 18.7 Å². The van der Waals surface area contributed by atoms with Crippen LogP contribution in [0.1, 0.15) is 25.7 Å². The Labute approximate surface area is 93.9 Å². The van der Waals surface area contributed by atoms with Crippen LogP contribution in [-0.2, 0) is 19.1 Å². The van der Waals surface area contributed by atoms with E-state index in [1.54, 1.807) is 0 Å². The van der Waals surface area contributed by atoms with Gasteiger partial charge >= 0.3 is 11.9 Å². The number of rotatable bonds is 8. The van der Waals surface area contributed by atoms with Crippen LogP contribution in [0.3, 0.4) is 0 Å². The number of carbonyl (C=O) groups excluding carboxylic acids is 2. The van der Waals surface area contributed by atoms with Gasteiger partial charge in [-0.2, -0.15) is 0 Å². The first-order chi connectivity index (χ1) is 7.20. The summed E-state index contributed by atoms with van der Waals surface area (Å²) in [5.74, 6) is -0.418. The topological polar surface area (TPSA) is 78.6 Å². The van der Waals surface area contributed by atoms with Crippen LogP contribution < -0.4 is 5.73 Å². The van der Waals surface area contributed by atoms with Crippen molar-refractivity contribution in [1.82, 2.24) is 0 Å². The zero-order chi connectivity index (χ0) is 11.5. The van der Waals surface area contributed by atoms with Gasteiger partial charge in [-0.3, -0.25) is 9.59 Å². The summed E-state index contributed by atoms with van der Waals surface area (Å²) < 4.78 is 9.25. The highest BCUT2D eigenvalue weighted by atomic mass is 35.5. The molecule has 0 atom stereocenters. The maximum Gasteiger partial charge on any atom is 0.308 e. The molecule has 15 heavy (non-hydrogen) atoms. The second-order valence-electron chi connectivity index (χ2n) is 2.84. The molecule has 0 amide bonds. The number of ether oxygens (including phenoxy) is 2. The van der Waals surface area contributed by atoms with Crippen LogP contribution in [-0.4, -0.2) is 31.2 Å². The fraction of sp³-hybridized carbons (Fsp3) is 0.778. The predicted octanol–water partition coefficient (Wildman–Crippen LogP) is 0.788. The molecule has 0 aliphatic rings. The molecule has 0 aromatic heterocycles. The first kappa shape index (κ1) is 14.2. The average molecular weight is 238 g/mol. The van der Waals surface area contributed by atoms with Crippen molar-refractivity contribution in [2.24, 2.45) is 5.73 Å². The number of hydrogen-bond acceptors (Lipinski definition) is 5. The van der Waals surface area contributed by atoms with E-state index in [-0.39, 0.29) is 19.6 Å². The van der Waals surface area contributed by atoms with Gasteiger partial charge in [-0.25, -0.2) is 0 Å². The lowest BCUT2D eigenvalue weighted by molar-refractivity contribution is -0.167. The molecule has 0 fully saturated rings. The van der Waals surface area contributed by atoms with Crippen LogP contribution in [0.2, 0.25) is 0 Å². The Balaban J connectivity index is 3.36. The highest BCUT2D eigenvalue weighted by Crippen LogP contribution is 1.96. The third-order valence-corrected chi connectivity index (χ3v) is 1.81. The molecule has 0 unspecified atom stereocenters. The monoisotopic (exact) mass is 237 g/mol. The molecule has 88 valence electrons. The first-order valence-corrected chi connectivity index (χ1v) is 5.31. The number of hydrogen-bond donors (Lipinski definition) is 1. The summed E-state index contributed by atoms with van der Waals surface area (Å²) in [6, 6.07) is 0. The molecule has 0 saturated heterocycles. The minimum absolute atomic E-state index is 0.240. The lowest BCUT2D eigenvalue weighted by atomic mass is 10.3. The Morgan fingerprint density at radius 1 is 1.07 bits per heavy atom. The average Bonchev–Trinajstić information content (AvgIpc) is 2.23. The molecule has 6 heteroatoms. The molecule has 0 heterocycles. The molecule has 0 aliphatic heterocycles. The van der Waals surface area contributed by atoms with E-state index in [0.717, 1.165) is 0 Å². The highest BCUT2D eigenvalue weighted by Gasteiger charge is 2.05. The summed E-state index contributed by atoms with van der Waals surface area (Å²) in [6.45, 7) is 0.106. The van der Waals surface area contributed by atoms with E-state index < -0.39 is 11.9 Å². The standard InChI is InChI=1S/C9H16ClNO4/c10-5-1-3-8(12)14-7-15-9(13)4-2-6-11/h1-7,11H2. The van der Waals surface area contributed by atoms with E-state index in [0.29, 0.717) is 25.3 Å². The van der Waals surface area contributed by atoms with Crippen LogP contribution in [0, 0.1) is 0 Å². The van der Waals surface area contributed by atoms with Crippen molar-refractivity contribution in [2.75, 3.05) is 19.2 Å². The van der Waals surface area contributed by atoms with Crippen LogP contribution in [0.4, 0.5) is 0 Å². The Hall–Kier alpha value is -0.810. The third kappa shape index (κ3) is 9.49. The molecule has 0 radical (unpaired) electrons. The molecule has 2 N–H and O–H groups in total. The van der Waals surface area contributed by atoms with Crippen molar-refractivity contribution >= 4 is 23.5 Å². The van der Waals surface area contributed by atoms with Crippen LogP contribution in [0.15, 0.2) is 0 Å². The van der Waals surface area contributed by atoms with Crippen molar-refractivity contribution in [3.63, 3.8) is 0 Å². The molecule has 0 rings (SSSR count). The van der Waals surface area contributed by atoms with E-state index in [1.807, 2.05) is 0 Å². The van der Waals surface area contributed by atoms with Gasteiger partial charge in [-0.05, 0) is 19.4 Å². The molecule has 0 aromatic rings. The number of carbonyl (C=O) groups is 2. The van der Waals surface area contributed by atoms with E-state index in [9.17, 15) is 9.59 Å². The quantitative estimate of drug-likeness (QED) is 0.384. The summed E-state index contributed by atoms with van der Waals surface area (Å²) >= 11 is 5.38. The summed E-state index contributed by atoms with van der Waals surface area (Å²) in [4.78, 5) is 21.8. The summed E-state index contributed by atoms with van der Waals surface area (Å²) in [5, 5.41) is 0. The van der Waals surface area contributed by atoms with Gasteiger partial charge in [-0.1, -0.05) is 0 Å². The van der Waals surface area contributed by atoms with E-state index in [2.05, 4.69) is 9.47 Å². The van der Waals surface area contributed by atoms with Crippen molar-refractivity contribution < 1.29 is 19.1 Å². The van der Waals surface area contributed by atoms with E-state index >= 15 is 0 Å². The number of nitrogens with two attached hydrogens (primary N) is 1. The summed E-state index contributed by atoms with van der Waals surface area (Å²) in [5.41, 5.74) is 5.20. The Morgan fingerprint density at radius 3 is 2.07 bits per heavy atom. The fourth-order valence-corrected chi connectivity index (χ4v) is 0.896. The first-order valence-electron chi connectivity index (χ1n) is 4.78. The summed E-state index contributed by atoms with van der Waals surface area (Å²) in [7, 11) is 0. The second kappa shape index (κ2) is 9.73. The van der Waals surface area contributed by atoms with E-state index in [1.165, 1.54) is 0 Å². The number of halogens is 1. The lowest BCUT2D eigenvalue weighted by Gasteiger charge is -2.05. The number of esters is 2. The fourth-order valence-electron chi connectivity index (χ4n) is 0.763. The van der Waals surface area contributed by atoms with Gasteiger partial charge in [0.25, 0.3) is 0 Å². The van der Waals surface area contributed by atoms with Crippen molar-refractivity contribution in [1.29, 1.82) is 0 Å². The molecular formula is C9H16ClNO4. The zero-order valence-corrected chi connectivity index (χ0v) is 9.29. The third-order valence-electron chi connectivity index (χ3n) is 1.54. The maximum atomic E-state index is 10.9. The van der Waals surface area contributed by atoms with Crippen molar-refractivity contribution in [3.8, 4) is 0 Å². The van der Waals surface area contributed by atoms with Gasteiger partial charge in [-0.15, -0.1) is 11.6 Å². The van der Waals surface area contributed by atoms with Crippen LogP contribution in [0.25, 0.3) is 0 Å². The Morgan fingerprint density at radius 2 is 1.60 bits per heavy atom. The maximum absolute atomic E-state index is 10.9. The highest BCUT2D eigenvalue weighted by molar-refractivity contribution is 6.17.